The molecule has 2 heterocycles. The molecule has 0 spiro atoms. The standard InChI is InChI=1S/C22H25N3O3S/c1-26-17-10-11-18(20(14-17)27-2)19-9-6-12-24(19)15-25-22(29)28-21(23-25)13-16-7-4-3-5-8-16/h3-5,7-8,10-11,14,19H,6,9,12-13,15H2,1-2H3/t19-/m1/s1. The van der Waals surface area contributed by atoms with E-state index in [-0.39, 0.29) is 6.04 Å². The van der Waals surface area contributed by atoms with Crippen molar-refractivity contribution < 1.29 is 13.9 Å². The summed E-state index contributed by atoms with van der Waals surface area (Å²) in [5, 5.41) is 4.62. The van der Waals surface area contributed by atoms with Gasteiger partial charge in [0.25, 0.3) is 4.84 Å². The first-order valence-electron chi connectivity index (χ1n) is 9.74. The number of rotatable bonds is 7. The number of methoxy groups -OCH3 is 2. The average molecular weight is 412 g/mol. The zero-order chi connectivity index (χ0) is 20.2. The van der Waals surface area contributed by atoms with Gasteiger partial charge in [-0.05, 0) is 36.7 Å². The fraction of sp³-hybridized carbons (Fsp3) is 0.364. The van der Waals surface area contributed by atoms with E-state index in [1.54, 1.807) is 18.9 Å². The number of ether oxygens (including phenoxy) is 2. The highest BCUT2D eigenvalue weighted by molar-refractivity contribution is 7.71. The minimum atomic E-state index is 0.243. The molecule has 0 unspecified atom stereocenters. The minimum absolute atomic E-state index is 0.243. The summed E-state index contributed by atoms with van der Waals surface area (Å²) < 4.78 is 18.5. The molecule has 3 aromatic rings. The van der Waals surface area contributed by atoms with Crippen LogP contribution in [0.15, 0.2) is 52.9 Å². The maximum Gasteiger partial charge on any atom is 0.288 e. The van der Waals surface area contributed by atoms with Crippen molar-refractivity contribution in [3.05, 3.63) is 70.4 Å². The molecule has 0 N–H and O–H groups in total. The molecular formula is C22H25N3O3S. The Bertz CT molecular complexity index is 1020. The van der Waals surface area contributed by atoms with Gasteiger partial charge in [0, 0.05) is 24.2 Å². The average Bonchev–Trinajstić information content (AvgIpc) is 3.34. The van der Waals surface area contributed by atoms with E-state index in [0.717, 1.165) is 42.0 Å². The fourth-order valence-corrected chi connectivity index (χ4v) is 4.09. The fourth-order valence-electron chi connectivity index (χ4n) is 3.89. The summed E-state index contributed by atoms with van der Waals surface area (Å²) in [4.78, 5) is 2.78. The van der Waals surface area contributed by atoms with Gasteiger partial charge in [0.2, 0.25) is 5.89 Å². The van der Waals surface area contributed by atoms with Gasteiger partial charge in [0.1, 0.15) is 11.5 Å². The lowest BCUT2D eigenvalue weighted by atomic mass is 10.0. The number of hydrogen-bond donors (Lipinski definition) is 0. The van der Waals surface area contributed by atoms with Gasteiger partial charge in [-0.25, -0.2) is 4.68 Å². The molecule has 1 fully saturated rings. The highest BCUT2D eigenvalue weighted by atomic mass is 32.1. The van der Waals surface area contributed by atoms with E-state index in [0.29, 0.717) is 23.8 Å². The summed E-state index contributed by atoms with van der Waals surface area (Å²) in [6, 6.07) is 16.4. The van der Waals surface area contributed by atoms with Gasteiger partial charge in [0.15, 0.2) is 0 Å². The summed E-state index contributed by atoms with van der Waals surface area (Å²) in [6.45, 7) is 1.57. The van der Waals surface area contributed by atoms with Gasteiger partial charge < -0.3 is 13.9 Å². The van der Waals surface area contributed by atoms with Crippen molar-refractivity contribution in [1.82, 2.24) is 14.7 Å². The third-order valence-corrected chi connectivity index (χ3v) is 5.62. The van der Waals surface area contributed by atoms with Crippen molar-refractivity contribution in [1.29, 1.82) is 0 Å². The van der Waals surface area contributed by atoms with Gasteiger partial charge in [-0.15, -0.1) is 5.10 Å². The molecule has 2 aromatic carbocycles. The van der Waals surface area contributed by atoms with Crippen LogP contribution in [0.5, 0.6) is 11.5 Å². The second-order valence-electron chi connectivity index (χ2n) is 7.14. The van der Waals surface area contributed by atoms with Crippen molar-refractivity contribution in [2.24, 2.45) is 0 Å². The maximum absolute atomic E-state index is 5.74. The van der Waals surface area contributed by atoms with E-state index in [1.165, 1.54) is 0 Å². The first-order valence-corrected chi connectivity index (χ1v) is 10.2. The zero-order valence-electron chi connectivity index (χ0n) is 16.7. The molecule has 1 aliphatic rings. The Hall–Kier alpha value is -2.64. The van der Waals surface area contributed by atoms with Crippen LogP contribution in [0.3, 0.4) is 0 Å². The van der Waals surface area contributed by atoms with Gasteiger partial charge in [-0.1, -0.05) is 36.4 Å². The van der Waals surface area contributed by atoms with E-state index in [4.69, 9.17) is 26.1 Å². The van der Waals surface area contributed by atoms with Gasteiger partial charge >= 0.3 is 0 Å². The molecule has 1 saturated heterocycles. The lowest BCUT2D eigenvalue weighted by molar-refractivity contribution is 0.184. The number of aromatic nitrogens is 2. The maximum atomic E-state index is 5.74. The van der Waals surface area contributed by atoms with Crippen molar-refractivity contribution in [3.63, 3.8) is 0 Å². The molecule has 6 nitrogen and oxygen atoms in total. The molecule has 1 aliphatic heterocycles. The number of hydrogen-bond acceptors (Lipinski definition) is 6. The van der Waals surface area contributed by atoms with Crippen molar-refractivity contribution >= 4 is 12.2 Å². The van der Waals surface area contributed by atoms with Gasteiger partial charge in [0.05, 0.1) is 27.3 Å². The molecule has 1 atom stereocenters. The second-order valence-corrected chi connectivity index (χ2v) is 7.49. The normalized spacial score (nSPS) is 16.8. The predicted molar refractivity (Wildman–Crippen MR) is 113 cm³/mol. The van der Waals surface area contributed by atoms with Crippen LogP contribution in [0.1, 0.15) is 35.9 Å². The van der Waals surface area contributed by atoms with Crippen LogP contribution in [0.2, 0.25) is 0 Å². The number of nitrogens with zero attached hydrogens (tertiary/aromatic N) is 3. The van der Waals surface area contributed by atoms with E-state index in [1.807, 2.05) is 30.3 Å². The van der Waals surface area contributed by atoms with Crippen molar-refractivity contribution in [2.75, 3.05) is 20.8 Å². The van der Waals surface area contributed by atoms with Crippen molar-refractivity contribution in [3.8, 4) is 11.5 Å². The van der Waals surface area contributed by atoms with Crippen LogP contribution >= 0.6 is 12.2 Å². The Balaban J connectivity index is 1.53. The summed E-state index contributed by atoms with van der Waals surface area (Å²) in [7, 11) is 3.36. The van der Waals surface area contributed by atoms with Crippen LogP contribution < -0.4 is 9.47 Å². The second kappa shape index (κ2) is 8.80. The SMILES string of the molecule is COc1ccc([C@H]2CCCN2Cn2nc(Cc3ccccc3)oc2=S)c(OC)c1. The van der Waals surface area contributed by atoms with E-state index in [9.17, 15) is 0 Å². The molecule has 0 radical (unpaired) electrons. The zero-order valence-corrected chi connectivity index (χ0v) is 17.5. The first-order chi connectivity index (χ1) is 14.2. The Morgan fingerprint density at radius 1 is 1.14 bits per heavy atom. The molecule has 0 saturated carbocycles. The first kappa shape index (κ1) is 19.7. The highest BCUT2D eigenvalue weighted by Gasteiger charge is 2.29. The molecule has 1 aromatic heterocycles. The Labute approximate surface area is 175 Å². The van der Waals surface area contributed by atoms with E-state index < -0.39 is 0 Å². The molecular weight excluding hydrogens is 386 g/mol. The molecule has 0 bridgehead atoms. The number of benzene rings is 2. The van der Waals surface area contributed by atoms with Crippen LogP contribution in [0.4, 0.5) is 0 Å². The quantitative estimate of drug-likeness (QED) is 0.529. The summed E-state index contributed by atoms with van der Waals surface area (Å²) >= 11 is 5.43. The lowest BCUT2D eigenvalue weighted by Gasteiger charge is -2.25. The third-order valence-electron chi connectivity index (χ3n) is 5.33. The molecule has 4 rings (SSSR count). The Morgan fingerprint density at radius 3 is 2.72 bits per heavy atom. The monoisotopic (exact) mass is 411 g/mol. The van der Waals surface area contributed by atoms with Crippen LogP contribution in [-0.2, 0) is 13.1 Å². The van der Waals surface area contributed by atoms with Gasteiger partial charge in [-0.3, -0.25) is 4.90 Å². The summed E-state index contributed by atoms with van der Waals surface area (Å²) in [5.74, 6) is 2.27. The number of likely N-dealkylation sites (tertiary alicyclic amines) is 1. The summed E-state index contributed by atoms with van der Waals surface area (Å²) in [6.07, 6.45) is 2.81. The van der Waals surface area contributed by atoms with E-state index >= 15 is 0 Å². The molecule has 7 heteroatoms. The van der Waals surface area contributed by atoms with Crippen molar-refractivity contribution in [2.45, 2.75) is 32.0 Å². The lowest BCUT2D eigenvalue weighted by Crippen LogP contribution is -2.27. The largest absolute Gasteiger partial charge is 0.497 e. The highest BCUT2D eigenvalue weighted by Crippen LogP contribution is 2.38. The molecule has 0 aliphatic carbocycles. The predicted octanol–water partition coefficient (Wildman–Crippen LogP) is 4.61. The van der Waals surface area contributed by atoms with Crippen LogP contribution in [-0.4, -0.2) is 35.4 Å². The smallest absolute Gasteiger partial charge is 0.288 e. The third kappa shape index (κ3) is 4.36. The Kier molecular flexibility index (Phi) is 5.97. The minimum Gasteiger partial charge on any atom is -0.497 e. The van der Waals surface area contributed by atoms with E-state index in [2.05, 4.69) is 28.2 Å². The molecule has 0 amide bonds. The summed E-state index contributed by atoms with van der Waals surface area (Å²) in [5.41, 5.74) is 2.31. The Morgan fingerprint density at radius 2 is 1.97 bits per heavy atom. The van der Waals surface area contributed by atoms with Gasteiger partial charge in [-0.2, -0.15) is 0 Å². The molecule has 152 valence electrons. The molecule has 29 heavy (non-hydrogen) atoms. The van der Waals surface area contributed by atoms with Crippen LogP contribution in [0.25, 0.3) is 0 Å². The van der Waals surface area contributed by atoms with Crippen LogP contribution in [0, 0.1) is 4.84 Å². The topological polar surface area (TPSA) is 52.7 Å².